The quantitative estimate of drug-likeness (QED) is 0.814. The first kappa shape index (κ1) is 11.0. The summed E-state index contributed by atoms with van der Waals surface area (Å²) in [5.41, 5.74) is 1.30. The van der Waals surface area contributed by atoms with E-state index in [0.29, 0.717) is 5.69 Å². The van der Waals surface area contributed by atoms with E-state index in [0.717, 1.165) is 5.56 Å². The highest BCUT2D eigenvalue weighted by Crippen LogP contribution is 2.15. The van der Waals surface area contributed by atoms with E-state index in [-0.39, 0.29) is 5.57 Å². The average Bonchev–Trinajstić information content (AvgIpc) is 2.38. The van der Waals surface area contributed by atoms with Crippen molar-refractivity contribution < 1.29 is 9.90 Å². The molecule has 17 heavy (non-hydrogen) atoms. The number of hydrogen-bond acceptors (Lipinski definition) is 3. The molecule has 1 aromatic heterocycles. The van der Waals surface area contributed by atoms with Crippen LogP contribution in [-0.2, 0) is 4.79 Å². The molecule has 1 heterocycles. The molecule has 0 aliphatic rings. The predicted molar refractivity (Wildman–Crippen MR) is 64.0 cm³/mol. The minimum atomic E-state index is -1.02. The van der Waals surface area contributed by atoms with Gasteiger partial charge < -0.3 is 5.11 Å². The molecular formula is C13H10N2O2. The zero-order valence-corrected chi connectivity index (χ0v) is 8.95. The summed E-state index contributed by atoms with van der Waals surface area (Å²) in [6.45, 7) is 0. The molecule has 0 atom stereocenters. The summed E-state index contributed by atoms with van der Waals surface area (Å²) in [6.07, 6.45) is 3.08. The van der Waals surface area contributed by atoms with Gasteiger partial charge in [0.05, 0.1) is 5.57 Å². The Bertz CT molecular complexity index is 536. The van der Waals surface area contributed by atoms with Crippen molar-refractivity contribution in [1.29, 1.82) is 0 Å². The predicted octanol–water partition coefficient (Wildman–Crippen LogP) is 2.10. The fraction of sp³-hybridized carbons (Fsp3) is 0. The Hall–Kier alpha value is -2.49. The maximum Gasteiger partial charge on any atom is 0.337 e. The van der Waals surface area contributed by atoms with Gasteiger partial charge in [0.1, 0.15) is 5.69 Å². The Balaban J connectivity index is 2.44. The van der Waals surface area contributed by atoms with Crippen molar-refractivity contribution in [3.8, 4) is 0 Å². The Labute approximate surface area is 98.3 Å². The highest BCUT2D eigenvalue weighted by molar-refractivity contribution is 6.19. The van der Waals surface area contributed by atoms with E-state index in [1.54, 1.807) is 18.2 Å². The molecule has 84 valence electrons. The van der Waals surface area contributed by atoms with E-state index in [1.165, 1.54) is 6.20 Å². The molecule has 4 nitrogen and oxygen atoms in total. The van der Waals surface area contributed by atoms with Gasteiger partial charge in [-0.15, -0.1) is 0 Å². The lowest BCUT2D eigenvalue weighted by Crippen LogP contribution is -2.02. The minimum Gasteiger partial charge on any atom is -0.478 e. The Morgan fingerprint density at radius 2 is 1.88 bits per heavy atom. The van der Waals surface area contributed by atoms with Gasteiger partial charge in [0, 0.05) is 6.20 Å². The first-order valence-electron chi connectivity index (χ1n) is 5.05. The zero-order chi connectivity index (χ0) is 12.1. The summed E-state index contributed by atoms with van der Waals surface area (Å²) in [7, 11) is 0. The second-order valence-electron chi connectivity index (χ2n) is 3.38. The van der Waals surface area contributed by atoms with Gasteiger partial charge in [0.2, 0.25) is 0 Å². The number of carbonyl (C=O) groups is 1. The SMILES string of the molecule is O=C(O)C(=Cc1ccccc1)c1cccnn1. The van der Waals surface area contributed by atoms with E-state index >= 15 is 0 Å². The molecule has 1 aromatic carbocycles. The van der Waals surface area contributed by atoms with Crippen LogP contribution in [0.1, 0.15) is 11.3 Å². The third kappa shape index (κ3) is 2.75. The number of carboxylic acids is 1. The molecule has 0 bridgehead atoms. The van der Waals surface area contributed by atoms with Crippen LogP contribution >= 0.6 is 0 Å². The largest absolute Gasteiger partial charge is 0.478 e. The monoisotopic (exact) mass is 226 g/mol. The first-order valence-corrected chi connectivity index (χ1v) is 5.05. The molecule has 0 spiro atoms. The molecule has 0 amide bonds. The smallest absolute Gasteiger partial charge is 0.337 e. The van der Waals surface area contributed by atoms with E-state index in [9.17, 15) is 4.79 Å². The van der Waals surface area contributed by atoms with Crippen molar-refractivity contribution in [2.24, 2.45) is 0 Å². The molecule has 2 rings (SSSR count). The van der Waals surface area contributed by atoms with Crippen LogP contribution < -0.4 is 0 Å². The average molecular weight is 226 g/mol. The first-order chi connectivity index (χ1) is 8.27. The second-order valence-corrected chi connectivity index (χ2v) is 3.38. The van der Waals surface area contributed by atoms with Crippen molar-refractivity contribution in [3.63, 3.8) is 0 Å². The summed E-state index contributed by atoms with van der Waals surface area (Å²) in [5, 5.41) is 16.6. The van der Waals surface area contributed by atoms with Gasteiger partial charge in [-0.3, -0.25) is 0 Å². The highest BCUT2D eigenvalue weighted by atomic mass is 16.4. The van der Waals surface area contributed by atoms with Gasteiger partial charge in [-0.1, -0.05) is 30.3 Å². The van der Waals surface area contributed by atoms with Crippen molar-refractivity contribution in [3.05, 3.63) is 59.9 Å². The molecule has 0 unspecified atom stereocenters. The third-order valence-electron chi connectivity index (χ3n) is 2.19. The molecule has 0 radical (unpaired) electrons. The fourth-order valence-electron chi connectivity index (χ4n) is 1.41. The highest BCUT2D eigenvalue weighted by Gasteiger charge is 2.11. The van der Waals surface area contributed by atoms with Crippen molar-refractivity contribution in [2.75, 3.05) is 0 Å². The minimum absolute atomic E-state index is 0.129. The third-order valence-corrected chi connectivity index (χ3v) is 2.19. The van der Waals surface area contributed by atoms with Crippen LogP contribution in [0.15, 0.2) is 48.7 Å². The van der Waals surface area contributed by atoms with Crippen LogP contribution in [0.2, 0.25) is 0 Å². The van der Waals surface area contributed by atoms with Crippen LogP contribution in [0.25, 0.3) is 11.6 Å². The maximum absolute atomic E-state index is 11.2. The van der Waals surface area contributed by atoms with Gasteiger partial charge in [-0.25, -0.2) is 4.79 Å². The molecule has 0 aliphatic carbocycles. The van der Waals surface area contributed by atoms with Crippen molar-refractivity contribution >= 4 is 17.6 Å². The van der Waals surface area contributed by atoms with E-state index in [4.69, 9.17) is 5.11 Å². The summed E-state index contributed by atoms with van der Waals surface area (Å²) in [5.74, 6) is -1.02. The number of rotatable bonds is 3. The number of nitrogens with zero attached hydrogens (tertiary/aromatic N) is 2. The Morgan fingerprint density at radius 3 is 2.47 bits per heavy atom. The van der Waals surface area contributed by atoms with Crippen LogP contribution in [0.3, 0.4) is 0 Å². The summed E-state index contributed by atoms with van der Waals surface area (Å²) >= 11 is 0. The molecule has 0 aliphatic heterocycles. The lowest BCUT2D eigenvalue weighted by atomic mass is 10.1. The van der Waals surface area contributed by atoms with Gasteiger partial charge >= 0.3 is 5.97 Å². The number of benzene rings is 1. The van der Waals surface area contributed by atoms with E-state index in [1.807, 2.05) is 30.3 Å². The summed E-state index contributed by atoms with van der Waals surface area (Å²) in [4.78, 5) is 11.2. The normalized spacial score (nSPS) is 11.2. The van der Waals surface area contributed by atoms with Crippen LogP contribution in [0.5, 0.6) is 0 Å². The molecule has 2 aromatic rings. The molecule has 4 heteroatoms. The van der Waals surface area contributed by atoms with Crippen molar-refractivity contribution in [2.45, 2.75) is 0 Å². The maximum atomic E-state index is 11.2. The molecular weight excluding hydrogens is 216 g/mol. The number of hydrogen-bond donors (Lipinski definition) is 1. The standard InChI is InChI=1S/C13H10N2O2/c16-13(17)11(12-7-4-8-14-15-12)9-10-5-2-1-3-6-10/h1-9H,(H,16,17). The number of carboxylic acid groups (broad SMARTS) is 1. The zero-order valence-electron chi connectivity index (χ0n) is 8.95. The fourth-order valence-corrected chi connectivity index (χ4v) is 1.41. The molecule has 0 saturated heterocycles. The van der Waals surface area contributed by atoms with E-state index in [2.05, 4.69) is 10.2 Å². The molecule has 0 saturated carbocycles. The summed E-state index contributed by atoms with van der Waals surface area (Å²) < 4.78 is 0. The van der Waals surface area contributed by atoms with Crippen LogP contribution in [0.4, 0.5) is 0 Å². The summed E-state index contributed by atoms with van der Waals surface area (Å²) in [6, 6.07) is 12.5. The number of aromatic nitrogens is 2. The Kier molecular flexibility index (Phi) is 3.25. The van der Waals surface area contributed by atoms with Gasteiger partial charge in [0.25, 0.3) is 0 Å². The van der Waals surface area contributed by atoms with Crippen LogP contribution in [-0.4, -0.2) is 21.3 Å². The van der Waals surface area contributed by atoms with E-state index < -0.39 is 5.97 Å². The Morgan fingerprint density at radius 1 is 1.12 bits per heavy atom. The second kappa shape index (κ2) is 5.03. The lowest BCUT2D eigenvalue weighted by molar-refractivity contribution is -0.130. The van der Waals surface area contributed by atoms with Gasteiger partial charge in [-0.05, 0) is 23.8 Å². The molecule has 1 N–H and O–H groups in total. The van der Waals surface area contributed by atoms with Gasteiger partial charge in [-0.2, -0.15) is 10.2 Å². The van der Waals surface area contributed by atoms with Crippen LogP contribution in [0, 0.1) is 0 Å². The lowest BCUT2D eigenvalue weighted by Gasteiger charge is -2.00. The molecule has 0 fully saturated rings. The topological polar surface area (TPSA) is 63.1 Å². The van der Waals surface area contributed by atoms with Gasteiger partial charge in [0.15, 0.2) is 0 Å². The number of aliphatic carboxylic acids is 1. The van der Waals surface area contributed by atoms with Crippen molar-refractivity contribution in [1.82, 2.24) is 10.2 Å².